The average Bonchev–Trinajstić information content (AvgIpc) is 3.73. The Balaban J connectivity index is 1.48. The Kier molecular flexibility index (Phi) is 8.44. The highest BCUT2D eigenvalue weighted by Gasteiger charge is 2.31. The Morgan fingerprint density at radius 1 is 1.16 bits per heavy atom. The third kappa shape index (κ3) is 6.99. The van der Waals surface area contributed by atoms with Crippen LogP contribution in [-0.4, -0.2) is 99.2 Å². The summed E-state index contributed by atoms with van der Waals surface area (Å²) in [5.41, 5.74) is 2.03. The Labute approximate surface area is 255 Å². The van der Waals surface area contributed by atoms with E-state index in [0.717, 1.165) is 12.8 Å². The number of ether oxygens (including phenoxy) is 1. The number of methoxy groups -OCH3 is 1. The fourth-order valence-electron chi connectivity index (χ4n) is 4.52. The zero-order chi connectivity index (χ0) is 30.9. The lowest BCUT2D eigenvalue weighted by molar-refractivity contribution is -0.123. The number of benzene rings is 1. The molecule has 17 heteroatoms. The molecular weight excluding hydrogens is 569 g/mol. The van der Waals surface area contributed by atoms with Crippen molar-refractivity contribution in [2.24, 2.45) is 5.92 Å². The van der Waals surface area contributed by atoms with Crippen LogP contribution in [0.15, 0.2) is 24.3 Å². The van der Waals surface area contributed by atoms with Gasteiger partial charge in [0.25, 0.3) is 11.8 Å². The Morgan fingerprint density at radius 2 is 1.93 bits per heavy atom. The summed E-state index contributed by atoms with van der Waals surface area (Å²) in [5, 5.41) is 19.9. The van der Waals surface area contributed by atoms with Crippen molar-refractivity contribution in [2.75, 3.05) is 37.4 Å². The van der Waals surface area contributed by atoms with E-state index in [9.17, 15) is 19.2 Å². The van der Waals surface area contributed by atoms with E-state index in [4.69, 9.17) is 4.74 Å². The third-order valence-corrected chi connectivity index (χ3v) is 7.91. The van der Waals surface area contributed by atoms with Gasteiger partial charge in [-0.2, -0.15) is 0 Å². The molecule has 1 aliphatic carbocycles. The maximum absolute atomic E-state index is 13.2. The topological polar surface area (TPSA) is 168 Å². The zero-order valence-corrected chi connectivity index (χ0v) is 25.5. The van der Waals surface area contributed by atoms with Crippen molar-refractivity contribution < 1.29 is 23.9 Å². The van der Waals surface area contributed by atoms with Crippen LogP contribution in [0.2, 0.25) is 0 Å². The summed E-state index contributed by atoms with van der Waals surface area (Å²) in [7, 11) is 7.09. The maximum Gasteiger partial charge on any atom is 0.272 e. The summed E-state index contributed by atoms with van der Waals surface area (Å²) >= 11 is 1.22. The second kappa shape index (κ2) is 12.1. The third-order valence-electron chi connectivity index (χ3n) is 6.73. The number of aryl methyl sites for hydroxylation is 1. The fourth-order valence-corrected chi connectivity index (χ4v) is 5.58. The summed E-state index contributed by atoms with van der Waals surface area (Å²) in [6.45, 7) is 2.59. The van der Waals surface area contributed by atoms with Crippen LogP contribution in [0.3, 0.4) is 0 Å². The first-order valence-corrected chi connectivity index (χ1v) is 14.7. The van der Waals surface area contributed by atoms with E-state index in [-0.39, 0.29) is 41.7 Å². The number of thiazole rings is 1. The van der Waals surface area contributed by atoms with E-state index in [1.165, 1.54) is 23.3 Å². The monoisotopic (exact) mass is 600 g/mol. The van der Waals surface area contributed by atoms with Gasteiger partial charge in [-0.15, -0.1) is 21.5 Å². The minimum atomic E-state index is -0.525. The number of carbonyl (C=O) groups is 4. The molecule has 0 atom stereocenters. The summed E-state index contributed by atoms with van der Waals surface area (Å²) in [4.78, 5) is 57.2. The Morgan fingerprint density at radius 3 is 2.60 bits per heavy atom. The van der Waals surface area contributed by atoms with Gasteiger partial charge in [0.2, 0.25) is 11.8 Å². The minimum Gasteiger partial charge on any atom is -0.494 e. The van der Waals surface area contributed by atoms with Gasteiger partial charge in [0, 0.05) is 25.1 Å². The number of nitrogens with one attached hydrogen (secondary N) is 4. The van der Waals surface area contributed by atoms with E-state index >= 15 is 0 Å². The predicted octanol–water partition coefficient (Wildman–Crippen LogP) is -1.18. The first kappa shape index (κ1) is 30.1. The molecule has 1 saturated carbocycles. The number of aromatic nitrogens is 3. The van der Waals surface area contributed by atoms with Crippen LogP contribution >= 0.6 is 11.3 Å². The van der Waals surface area contributed by atoms with Gasteiger partial charge in [-0.1, -0.05) is 6.07 Å². The molecule has 13 nitrogen and oxygen atoms in total. The largest absolute Gasteiger partial charge is 0.494 e. The molecule has 0 unspecified atom stereocenters. The van der Waals surface area contributed by atoms with Crippen molar-refractivity contribution in [3.63, 3.8) is 0 Å². The van der Waals surface area contributed by atoms with Gasteiger partial charge < -0.3 is 30.9 Å². The average molecular weight is 600 g/mol. The van der Waals surface area contributed by atoms with Gasteiger partial charge in [-0.05, 0) is 37.1 Å². The van der Waals surface area contributed by atoms with Crippen molar-refractivity contribution in [3.8, 4) is 16.3 Å². The van der Waals surface area contributed by atoms with Crippen molar-refractivity contribution in [1.82, 2.24) is 30.7 Å². The quantitative estimate of drug-likeness (QED) is 0.221. The first-order chi connectivity index (χ1) is 20.4. The van der Waals surface area contributed by atoms with Crippen LogP contribution in [0.25, 0.3) is 10.6 Å². The van der Waals surface area contributed by atoms with Gasteiger partial charge in [0.1, 0.15) is 33.4 Å². The molecule has 0 radical (unpaired) electrons. The van der Waals surface area contributed by atoms with Crippen LogP contribution in [0.4, 0.5) is 17.2 Å². The summed E-state index contributed by atoms with van der Waals surface area (Å²) < 4.78 is 5.81. The highest BCUT2D eigenvalue weighted by molar-refractivity contribution is 7.17. The molecule has 2 aromatic heterocycles. The highest BCUT2D eigenvalue weighted by atomic mass is 32.1. The number of carbonyl (C=O) groups excluding carboxylic acids is 4. The molecule has 0 bridgehead atoms. The van der Waals surface area contributed by atoms with Gasteiger partial charge in [-0.25, -0.2) is 4.98 Å². The number of rotatable bonds is 9. The van der Waals surface area contributed by atoms with Crippen LogP contribution in [0, 0.1) is 12.8 Å². The normalized spacial score (nSPS) is 14.9. The molecule has 0 spiro atoms. The first-order valence-electron chi connectivity index (χ1n) is 13.9. The van der Waals surface area contributed by atoms with Crippen LogP contribution in [-0.2, 0) is 9.59 Å². The molecular formula is C26H31B3N8O5S. The number of nitrogens with zero attached hydrogens (tertiary/aromatic N) is 4. The van der Waals surface area contributed by atoms with Gasteiger partial charge in [0.05, 0.1) is 36.3 Å². The number of piperazine rings is 1. The van der Waals surface area contributed by atoms with E-state index in [1.54, 1.807) is 25.1 Å². The van der Waals surface area contributed by atoms with E-state index in [1.807, 2.05) is 29.6 Å². The lowest BCUT2D eigenvalue weighted by Crippen LogP contribution is -2.50. The number of hydrogen-bond acceptors (Lipinski definition) is 10. The molecule has 3 aromatic rings. The standard InChI is InChI=1S/C26H31B3N8O5S/c1-12-21(25(41)37-9-8-30-18(38)11-37)43-24(31-12)14-4-3-5-15(20(14)42-2)32-16-10-17(33-22(39)13-6-7-13)35-36-19(16)23(40)34-26(27,28)29/h3-5,10,13H,6-9,11,27-29H2,1-2H3,(H,30,38)(H,34,40)(H2,32,33,35,39). The molecule has 2 aliphatic rings. The number of hydrogen-bond donors (Lipinski definition) is 4. The van der Waals surface area contributed by atoms with Gasteiger partial charge >= 0.3 is 0 Å². The van der Waals surface area contributed by atoms with E-state index in [2.05, 4.69) is 36.4 Å². The lowest BCUT2D eigenvalue weighted by atomic mass is 9.49. The fraction of sp³-hybridized carbons (Fsp3) is 0.346. The van der Waals surface area contributed by atoms with Crippen LogP contribution in [0.5, 0.6) is 5.75 Å². The zero-order valence-electron chi connectivity index (χ0n) is 24.7. The summed E-state index contributed by atoms with van der Waals surface area (Å²) in [6.07, 6.45) is 1.66. The van der Waals surface area contributed by atoms with E-state index in [0.29, 0.717) is 51.4 Å². The SMILES string of the molecule is BC(B)(B)NC(=O)c1nnc(NC(=O)C2CC2)cc1Nc1cccc(-c2nc(C)c(C(=O)N3CCNC(=O)C3)s2)c1OC. The smallest absolute Gasteiger partial charge is 0.272 e. The van der Waals surface area contributed by atoms with Crippen molar-refractivity contribution >= 4 is 75.7 Å². The Bertz CT molecular complexity index is 1610. The van der Waals surface area contributed by atoms with Crippen molar-refractivity contribution in [3.05, 3.63) is 40.5 Å². The molecule has 43 heavy (non-hydrogen) atoms. The molecule has 4 N–H and O–H groups in total. The molecule has 2 fully saturated rings. The van der Waals surface area contributed by atoms with Crippen molar-refractivity contribution in [1.29, 1.82) is 0 Å². The molecule has 5 rings (SSSR count). The molecule has 1 aliphatic heterocycles. The lowest BCUT2D eigenvalue weighted by Gasteiger charge is -2.26. The molecule has 220 valence electrons. The number of para-hydroxylation sites is 1. The van der Waals surface area contributed by atoms with Crippen molar-refractivity contribution in [2.45, 2.75) is 25.0 Å². The molecule has 1 saturated heterocycles. The van der Waals surface area contributed by atoms with E-state index < -0.39 is 11.1 Å². The Hall–Kier alpha value is -4.40. The van der Waals surface area contributed by atoms with Gasteiger partial charge in [-0.3, -0.25) is 19.2 Å². The van der Waals surface area contributed by atoms with Crippen LogP contribution in [0.1, 0.15) is 38.7 Å². The second-order valence-electron chi connectivity index (χ2n) is 11.5. The maximum atomic E-state index is 13.2. The molecule has 3 heterocycles. The number of amides is 4. The highest BCUT2D eigenvalue weighted by Crippen LogP contribution is 2.41. The van der Waals surface area contributed by atoms with Crippen LogP contribution < -0.4 is 26.0 Å². The van der Waals surface area contributed by atoms with Gasteiger partial charge in [0.15, 0.2) is 17.3 Å². The summed E-state index contributed by atoms with van der Waals surface area (Å²) in [6, 6.07) is 6.96. The molecule has 4 amide bonds. The predicted molar refractivity (Wildman–Crippen MR) is 170 cm³/mol. The summed E-state index contributed by atoms with van der Waals surface area (Å²) in [5.74, 6) is -0.419. The molecule has 1 aromatic carbocycles. The second-order valence-corrected chi connectivity index (χ2v) is 12.5. The number of anilines is 3. The minimum absolute atomic E-state index is 0.00241.